The van der Waals surface area contributed by atoms with E-state index in [1.54, 1.807) is 15.6 Å². The van der Waals surface area contributed by atoms with E-state index >= 15 is 0 Å². The van der Waals surface area contributed by atoms with Crippen LogP contribution in [0.25, 0.3) is 22.4 Å². The van der Waals surface area contributed by atoms with Crippen LogP contribution < -0.4 is 5.56 Å². The molecule has 4 heterocycles. The van der Waals surface area contributed by atoms with Crippen LogP contribution in [0.5, 0.6) is 0 Å². The molecule has 1 aliphatic rings. The molecule has 0 bridgehead atoms. The SMILES string of the molecule is CC(C)n1c(=O)c2c(-n3cc(C4CCOC4)nn3)ncn2c2ccccc21. The van der Waals surface area contributed by atoms with E-state index in [0.29, 0.717) is 17.9 Å². The Bertz CT molecular complexity index is 1200. The van der Waals surface area contributed by atoms with E-state index in [0.717, 1.165) is 29.8 Å². The van der Waals surface area contributed by atoms with Gasteiger partial charge in [0.25, 0.3) is 5.56 Å². The first-order valence-electron chi connectivity index (χ1n) is 9.16. The van der Waals surface area contributed by atoms with E-state index in [2.05, 4.69) is 15.3 Å². The molecule has 0 amide bonds. The zero-order chi connectivity index (χ0) is 18.5. The number of aromatic nitrogens is 6. The van der Waals surface area contributed by atoms with Gasteiger partial charge in [-0.1, -0.05) is 17.3 Å². The highest BCUT2D eigenvalue weighted by Gasteiger charge is 2.23. The molecule has 1 aliphatic heterocycles. The molecule has 138 valence electrons. The van der Waals surface area contributed by atoms with Crippen molar-refractivity contribution in [2.45, 2.75) is 32.2 Å². The summed E-state index contributed by atoms with van der Waals surface area (Å²) in [5.41, 5.74) is 3.11. The molecular weight excluding hydrogens is 344 g/mol. The molecule has 0 aliphatic carbocycles. The van der Waals surface area contributed by atoms with Crippen molar-refractivity contribution in [3.8, 4) is 5.82 Å². The standard InChI is InChI=1S/C19H20N6O2/c1-12(2)25-16-6-4-3-5-15(16)23-11-20-18(17(23)19(25)26)24-9-14(21-22-24)13-7-8-27-10-13/h3-6,9,11-13H,7-8,10H2,1-2H3. The van der Waals surface area contributed by atoms with Crippen LogP contribution in [0.15, 0.2) is 41.6 Å². The molecule has 3 aromatic heterocycles. The maximum Gasteiger partial charge on any atom is 0.279 e. The van der Waals surface area contributed by atoms with Crippen LogP contribution in [0.2, 0.25) is 0 Å². The Labute approximate surface area is 155 Å². The molecule has 1 atom stereocenters. The van der Waals surface area contributed by atoms with Crippen LogP contribution in [-0.4, -0.2) is 42.2 Å². The molecule has 5 rings (SSSR count). The zero-order valence-electron chi connectivity index (χ0n) is 15.2. The first kappa shape index (κ1) is 16.2. The fourth-order valence-corrected chi connectivity index (χ4v) is 3.83. The van der Waals surface area contributed by atoms with E-state index in [-0.39, 0.29) is 17.5 Å². The number of benzene rings is 1. The number of ether oxygens (including phenoxy) is 1. The molecule has 1 fully saturated rings. The molecule has 0 spiro atoms. The second-order valence-corrected chi connectivity index (χ2v) is 7.19. The third-order valence-electron chi connectivity index (χ3n) is 5.16. The van der Waals surface area contributed by atoms with Crippen molar-refractivity contribution in [1.82, 2.24) is 28.9 Å². The van der Waals surface area contributed by atoms with Gasteiger partial charge in [0.15, 0.2) is 11.3 Å². The third-order valence-corrected chi connectivity index (χ3v) is 5.16. The van der Waals surface area contributed by atoms with Gasteiger partial charge < -0.3 is 9.30 Å². The van der Waals surface area contributed by atoms with Gasteiger partial charge in [0.2, 0.25) is 0 Å². The Morgan fingerprint density at radius 2 is 2.04 bits per heavy atom. The van der Waals surface area contributed by atoms with E-state index in [1.807, 2.05) is 48.7 Å². The molecule has 0 N–H and O–H groups in total. The molecule has 27 heavy (non-hydrogen) atoms. The summed E-state index contributed by atoms with van der Waals surface area (Å²) in [6.07, 6.45) is 4.47. The number of rotatable bonds is 3. The van der Waals surface area contributed by atoms with Crippen LogP contribution >= 0.6 is 0 Å². The van der Waals surface area contributed by atoms with E-state index in [4.69, 9.17) is 4.74 Å². The van der Waals surface area contributed by atoms with Crippen molar-refractivity contribution < 1.29 is 4.74 Å². The lowest BCUT2D eigenvalue weighted by molar-refractivity contribution is 0.193. The first-order valence-corrected chi connectivity index (χ1v) is 9.16. The number of nitrogens with zero attached hydrogens (tertiary/aromatic N) is 6. The van der Waals surface area contributed by atoms with Crippen molar-refractivity contribution in [3.63, 3.8) is 0 Å². The molecular formula is C19H20N6O2. The largest absolute Gasteiger partial charge is 0.381 e. The Morgan fingerprint density at radius 1 is 1.22 bits per heavy atom. The highest BCUT2D eigenvalue weighted by atomic mass is 16.5. The van der Waals surface area contributed by atoms with Crippen molar-refractivity contribution in [3.05, 3.63) is 52.8 Å². The molecule has 1 unspecified atom stereocenters. The van der Waals surface area contributed by atoms with Gasteiger partial charge in [-0.2, -0.15) is 4.68 Å². The fraction of sp³-hybridized carbons (Fsp3) is 0.368. The summed E-state index contributed by atoms with van der Waals surface area (Å²) in [4.78, 5) is 17.8. The van der Waals surface area contributed by atoms with Gasteiger partial charge in [0, 0.05) is 18.6 Å². The van der Waals surface area contributed by atoms with Gasteiger partial charge in [-0.3, -0.25) is 9.20 Å². The molecule has 8 nitrogen and oxygen atoms in total. The molecule has 0 saturated carbocycles. The van der Waals surface area contributed by atoms with Gasteiger partial charge >= 0.3 is 0 Å². The number of para-hydroxylation sites is 2. The molecule has 4 aromatic rings. The molecule has 1 aromatic carbocycles. The first-order chi connectivity index (χ1) is 13.1. The van der Waals surface area contributed by atoms with Gasteiger partial charge in [-0.15, -0.1) is 5.10 Å². The third kappa shape index (κ3) is 2.40. The Hall–Kier alpha value is -3.00. The van der Waals surface area contributed by atoms with Gasteiger partial charge in [-0.05, 0) is 32.4 Å². The lowest BCUT2D eigenvalue weighted by Crippen LogP contribution is -2.25. The summed E-state index contributed by atoms with van der Waals surface area (Å²) in [6.45, 7) is 5.42. The van der Waals surface area contributed by atoms with Gasteiger partial charge in [-0.25, -0.2) is 4.98 Å². The fourth-order valence-electron chi connectivity index (χ4n) is 3.83. The summed E-state index contributed by atoms with van der Waals surface area (Å²) in [7, 11) is 0. The van der Waals surface area contributed by atoms with Gasteiger partial charge in [0.1, 0.15) is 6.33 Å². The van der Waals surface area contributed by atoms with E-state index in [9.17, 15) is 4.79 Å². The van der Waals surface area contributed by atoms with Crippen molar-refractivity contribution >= 4 is 16.6 Å². The summed E-state index contributed by atoms with van der Waals surface area (Å²) < 4.78 is 10.7. The van der Waals surface area contributed by atoms with Crippen LogP contribution in [0.1, 0.15) is 37.9 Å². The average molecular weight is 364 g/mol. The predicted octanol–water partition coefficient (Wildman–Crippen LogP) is 2.31. The summed E-state index contributed by atoms with van der Waals surface area (Å²) in [6, 6.07) is 7.89. The number of hydrogen-bond acceptors (Lipinski definition) is 5. The zero-order valence-corrected chi connectivity index (χ0v) is 15.2. The number of hydrogen-bond donors (Lipinski definition) is 0. The van der Waals surface area contributed by atoms with Crippen molar-refractivity contribution in [1.29, 1.82) is 0 Å². The lowest BCUT2D eigenvalue weighted by atomic mass is 10.1. The van der Waals surface area contributed by atoms with Crippen LogP contribution in [0.3, 0.4) is 0 Å². The summed E-state index contributed by atoms with van der Waals surface area (Å²) in [5.74, 6) is 0.749. The average Bonchev–Trinajstić information content (AvgIpc) is 3.40. The van der Waals surface area contributed by atoms with E-state index in [1.165, 1.54) is 0 Å². The van der Waals surface area contributed by atoms with Crippen LogP contribution in [-0.2, 0) is 4.74 Å². The smallest absolute Gasteiger partial charge is 0.279 e. The second kappa shape index (κ2) is 6.02. The second-order valence-electron chi connectivity index (χ2n) is 7.19. The maximum atomic E-state index is 13.3. The van der Waals surface area contributed by atoms with Crippen molar-refractivity contribution in [2.24, 2.45) is 0 Å². The molecule has 0 radical (unpaired) electrons. The Morgan fingerprint density at radius 3 is 2.78 bits per heavy atom. The molecule has 1 saturated heterocycles. The van der Waals surface area contributed by atoms with Crippen LogP contribution in [0.4, 0.5) is 0 Å². The van der Waals surface area contributed by atoms with Crippen LogP contribution in [0, 0.1) is 0 Å². The monoisotopic (exact) mass is 364 g/mol. The minimum absolute atomic E-state index is 0.0251. The number of fused-ring (bicyclic) bond motifs is 3. The number of imidazole rings is 1. The van der Waals surface area contributed by atoms with Gasteiger partial charge in [0.05, 0.1) is 29.5 Å². The highest BCUT2D eigenvalue weighted by molar-refractivity contribution is 5.81. The summed E-state index contributed by atoms with van der Waals surface area (Å²) in [5, 5.41) is 8.52. The molecule has 8 heteroatoms. The maximum absolute atomic E-state index is 13.3. The minimum atomic E-state index is -0.0857. The van der Waals surface area contributed by atoms with E-state index < -0.39 is 0 Å². The Kier molecular flexibility index (Phi) is 3.61. The minimum Gasteiger partial charge on any atom is -0.381 e. The topological polar surface area (TPSA) is 79.2 Å². The normalized spacial score (nSPS) is 17.5. The summed E-state index contributed by atoms with van der Waals surface area (Å²) >= 11 is 0. The quantitative estimate of drug-likeness (QED) is 0.557. The lowest BCUT2D eigenvalue weighted by Gasteiger charge is -2.15. The highest BCUT2D eigenvalue weighted by Crippen LogP contribution is 2.25. The predicted molar refractivity (Wildman–Crippen MR) is 100 cm³/mol. The van der Waals surface area contributed by atoms with Crippen molar-refractivity contribution in [2.75, 3.05) is 13.2 Å². The Balaban J connectivity index is 1.76.